The lowest BCUT2D eigenvalue weighted by molar-refractivity contribution is -0.146. The standard InChI is InChI=1S/C14H18ClNO2/c1-10-9-12(15)3-4-13(10)16-7-5-11(6-8-16)14(17)18-2/h3-4,9,11H,5-8H2,1-2H3. The minimum absolute atomic E-state index is 0.0545. The summed E-state index contributed by atoms with van der Waals surface area (Å²) < 4.78 is 4.80. The van der Waals surface area contributed by atoms with Gasteiger partial charge in [0.2, 0.25) is 0 Å². The van der Waals surface area contributed by atoms with Crippen molar-refractivity contribution in [1.82, 2.24) is 0 Å². The Bertz CT molecular complexity index is 439. The van der Waals surface area contributed by atoms with E-state index in [0.29, 0.717) is 0 Å². The number of esters is 1. The number of anilines is 1. The quantitative estimate of drug-likeness (QED) is 0.772. The normalized spacial score (nSPS) is 16.7. The van der Waals surface area contributed by atoms with Gasteiger partial charge >= 0.3 is 5.97 Å². The van der Waals surface area contributed by atoms with E-state index in [4.69, 9.17) is 16.3 Å². The minimum atomic E-state index is -0.0810. The van der Waals surface area contributed by atoms with Crippen LogP contribution in [0.25, 0.3) is 0 Å². The van der Waals surface area contributed by atoms with Crippen LogP contribution in [0.4, 0.5) is 5.69 Å². The summed E-state index contributed by atoms with van der Waals surface area (Å²) in [7, 11) is 1.46. The lowest BCUT2D eigenvalue weighted by atomic mass is 9.96. The van der Waals surface area contributed by atoms with Gasteiger partial charge in [0.05, 0.1) is 13.0 Å². The second-order valence-electron chi connectivity index (χ2n) is 4.72. The summed E-state index contributed by atoms with van der Waals surface area (Å²) in [6, 6.07) is 5.94. The molecule has 0 aromatic heterocycles. The molecule has 0 saturated carbocycles. The van der Waals surface area contributed by atoms with E-state index in [9.17, 15) is 4.79 Å². The predicted molar refractivity (Wildman–Crippen MR) is 73.1 cm³/mol. The largest absolute Gasteiger partial charge is 0.469 e. The van der Waals surface area contributed by atoms with Crippen LogP contribution in [0.1, 0.15) is 18.4 Å². The maximum atomic E-state index is 11.5. The van der Waals surface area contributed by atoms with E-state index >= 15 is 0 Å². The molecule has 1 heterocycles. The first-order valence-corrected chi connectivity index (χ1v) is 6.58. The van der Waals surface area contributed by atoms with E-state index in [-0.39, 0.29) is 11.9 Å². The van der Waals surface area contributed by atoms with Crippen molar-refractivity contribution in [3.63, 3.8) is 0 Å². The van der Waals surface area contributed by atoms with Gasteiger partial charge in [-0.3, -0.25) is 4.79 Å². The van der Waals surface area contributed by atoms with Crippen molar-refractivity contribution in [1.29, 1.82) is 0 Å². The molecule has 1 fully saturated rings. The van der Waals surface area contributed by atoms with E-state index in [0.717, 1.165) is 31.0 Å². The maximum Gasteiger partial charge on any atom is 0.308 e. The van der Waals surface area contributed by atoms with Crippen LogP contribution in [0.3, 0.4) is 0 Å². The van der Waals surface area contributed by atoms with Crippen LogP contribution in [-0.2, 0) is 9.53 Å². The number of rotatable bonds is 2. The summed E-state index contributed by atoms with van der Waals surface area (Å²) in [5.74, 6) is -0.0265. The summed E-state index contributed by atoms with van der Waals surface area (Å²) in [5, 5.41) is 0.765. The summed E-state index contributed by atoms with van der Waals surface area (Å²) in [5.41, 5.74) is 2.39. The number of ether oxygens (including phenoxy) is 1. The molecule has 1 aliphatic heterocycles. The average molecular weight is 268 g/mol. The number of carbonyl (C=O) groups excluding carboxylic acids is 1. The van der Waals surface area contributed by atoms with Gasteiger partial charge in [-0.15, -0.1) is 0 Å². The topological polar surface area (TPSA) is 29.5 Å². The van der Waals surface area contributed by atoms with Crippen molar-refractivity contribution in [3.05, 3.63) is 28.8 Å². The number of benzene rings is 1. The SMILES string of the molecule is COC(=O)C1CCN(c2ccc(Cl)cc2C)CC1. The highest BCUT2D eigenvalue weighted by Crippen LogP contribution is 2.28. The van der Waals surface area contributed by atoms with Crippen molar-refractivity contribution >= 4 is 23.3 Å². The molecule has 0 atom stereocenters. The molecule has 0 amide bonds. The van der Waals surface area contributed by atoms with Gasteiger partial charge in [0.25, 0.3) is 0 Å². The molecule has 1 aliphatic rings. The van der Waals surface area contributed by atoms with E-state index in [1.807, 2.05) is 12.1 Å². The zero-order valence-electron chi connectivity index (χ0n) is 10.8. The van der Waals surface area contributed by atoms with Crippen molar-refractivity contribution in [2.75, 3.05) is 25.1 Å². The molecule has 0 bridgehead atoms. The van der Waals surface area contributed by atoms with Crippen molar-refractivity contribution < 1.29 is 9.53 Å². The van der Waals surface area contributed by atoms with Crippen LogP contribution in [0, 0.1) is 12.8 Å². The third-order valence-corrected chi connectivity index (χ3v) is 3.76. The fraction of sp³-hybridized carbons (Fsp3) is 0.500. The number of nitrogens with zero attached hydrogens (tertiary/aromatic N) is 1. The molecule has 1 aromatic carbocycles. The molecule has 0 spiro atoms. The molecule has 98 valence electrons. The van der Waals surface area contributed by atoms with E-state index < -0.39 is 0 Å². The zero-order chi connectivity index (χ0) is 13.1. The van der Waals surface area contributed by atoms with Crippen LogP contribution in [0.5, 0.6) is 0 Å². The first kappa shape index (κ1) is 13.2. The summed E-state index contributed by atoms with van der Waals surface area (Å²) in [6.07, 6.45) is 1.71. The van der Waals surface area contributed by atoms with Crippen LogP contribution in [0.2, 0.25) is 5.02 Å². The second kappa shape index (κ2) is 5.61. The molecule has 2 rings (SSSR count). The predicted octanol–water partition coefficient (Wildman–Crippen LogP) is 3.04. The zero-order valence-corrected chi connectivity index (χ0v) is 11.5. The number of piperidine rings is 1. The highest BCUT2D eigenvalue weighted by Gasteiger charge is 2.26. The van der Waals surface area contributed by atoms with Gasteiger partial charge in [0.15, 0.2) is 0 Å². The Morgan fingerprint density at radius 1 is 1.39 bits per heavy atom. The van der Waals surface area contributed by atoms with Gasteiger partial charge < -0.3 is 9.64 Å². The molecule has 1 aromatic rings. The van der Waals surface area contributed by atoms with Crippen LogP contribution >= 0.6 is 11.6 Å². The molecule has 1 saturated heterocycles. The molecule has 4 heteroatoms. The smallest absolute Gasteiger partial charge is 0.308 e. The molecule has 3 nitrogen and oxygen atoms in total. The van der Waals surface area contributed by atoms with E-state index in [2.05, 4.69) is 17.9 Å². The highest BCUT2D eigenvalue weighted by molar-refractivity contribution is 6.30. The third kappa shape index (κ3) is 2.78. The van der Waals surface area contributed by atoms with E-state index in [1.54, 1.807) is 0 Å². The van der Waals surface area contributed by atoms with Gasteiger partial charge in [-0.2, -0.15) is 0 Å². The van der Waals surface area contributed by atoms with Gasteiger partial charge in [-0.1, -0.05) is 11.6 Å². The fourth-order valence-corrected chi connectivity index (χ4v) is 2.72. The molecular formula is C14H18ClNO2. The van der Waals surface area contributed by atoms with Crippen molar-refractivity contribution in [2.24, 2.45) is 5.92 Å². The summed E-state index contributed by atoms with van der Waals surface area (Å²) in [6.45, 7) is 3.85. The molecule has 0 aliphatic carbocycles. The molecule has 0 unspecified atom stereocenters. The van der Waals surface area contributed by atoms with Gasteiger partial charge in [-0.25, -0.2) is 0 Å². The summed E-state index contributed by atoms with van der Waals surface area (Å²) in [4.78, 5) is 13.8. The molecular weight excluding hydrogens is 250 g/mol. The fourth-order valence-electron chi connectivity index (χ4n) is 2.50. The van der Waals surface area contributed by atoms with Gasteiger partial charge in [-0.05, 0) is 43.5 Å². The number of halogens is 1. The Morgan fingerprint density at radius 2 is 2.06 bits per heavy atom. The third-order valence-electron chi connectivity index (χ3n) is 3.53. The molecule has 0 N–H and O–H groups in total. The summed E-state index contributed by atoms with van der Waals surface area (Å²) >= 11 is 5.96. The van der Waals surface area contributed by atoms with Crippen molar-refractivity contribution in [3.8, 4) is 0 Å². The highest BCUT2D eigenvalue weighted by atomic mass is 35.5. The van der Waals surface area contributed by atoms with Crippen LogP contribution in [0.15, 0.2) is 18.2 Å². The minimum Gasteiger partial charge on any atom is -0.469 e. The first-order chi connectivity index (χ1) is 8.61. The monoisotopic (exact) mass is 267 g/mol. The molecule has 0 radical (unpaired) electrons. The Labute approximate surface area is 113 Å². The number of carbonyl (C=O) groups is 1. The lowest BCUT2D eigenvalue weighted by Crippen LogP contribution is -2.37. The van der Waals surface area contributed by atoms with Crippen molar-refractivity contribution in [2.45, 2.75) is 19.8 Å². The van der Waals surface area contributed by atoms with Gasteiger partial charge in [0.1, 0.15) is 0 Å². The number of aryl methyl sites for hydroxylation is 1. The van der Waals surface area contributed by atoms with E-state index in [1.165, 1.54) is 18.4 Å². The number of hydrogen-bond acceptors (Lipinski definition) is 3. The van der Waals surface area contributed by atoms with Crippen LogP contribution < -0.4 is 4.90 Å². The van der Waals surface area contributed by atoms with Gasteiger partial charge in [0, 0.05) is 23.8 Å². The Kier molecular flexibility index (Phi) is 4.12. The Balaban J connectivity index is 2.03. The molecule has 18 heavy (non-hydrogen) atoms. The average Bonchev–Trinajstić information content (AvgIpc) is 2.38. The lowest BCUT2D eigenvalue weighted by Gasteiger charge is -2.33. The van der Waals surface area contributed by atoms with Crippen LogP contribution in [-0.4, -0.2) is 26.2 Å². The Hall–Kier alpha value is -1.22. The number of hydrogen-bond donors (Lipinski definition) is 0. The number of methoxy groups -OCH3 is 1. The Morgan fingerprint density at radius 3 is 2.61 bits per heavy atom. The second-order valence-corrected chi connectivity index (χ2v) is 5.15. The maximum absolute atomic E-state index is 11.5. The first-order valence-electron chi connectivity index (χ1n) is 6.20.